The molecule has 108 valence electrons. The van der Waals surface area contributed by atoms with Gasteiger partial charge >= 0.3 is 0 Å². The molecule has 1 aromatic heterocycles. The summed E-state index contributed by atoms with van der Waals surface area (Å²) in [6, 6.07) is 9.58. The summed E-state index contributed by atoms with van der Waals surface area (Å²) < 4.78 is 12.9. The molecule has 3 rings (SSSR count). The maximum Gasteiger partial charge on any atom is 0.166 e. The summed E-state index contributed by atoms with van der Waals surface area (Å²) in [5.74, 6) is 0.645. The molecule has 21 heavy (non-hydrogen) atoms. The van der Waals surface area contributed by atoms with Crippen molar-refractivity contribution in [2.24, 2.45) is 5.92 Å². The number of ketones is 1. The smallest absolute Gasteiger partial charge is 0.166 e. The van der Waals surface area contributed by atoms with Crippen LogP contribution in [0.4, 0.5) is 10.2 Å². The van der Waals surface area contributed by atoms with Crippen molar-refractivity contribution in [1.82, 2.24) is 10.2 Å². The molecule has 0 spiro atoms. The summed E-state index contributed by atoms with van der Waals surface area (Å²) in [5, 5.41) is 7.97. The van der Waals surface area contributed by atoms with Gasteiger partial charge in [0.2, 0.25) is 0 Å². The number of anilines is 1. The van der Waals surface area contributed by atoms with E-state index < -0.39 is 0 Å². The van der Waals surface area contributed by atoms with Crippen LogP contribution in [0.15, 0.2) is 42.6 Å². The van der Waals surface area contributed by atoms with Crippen molar-refractivity contribution in [1.29, 1.82) is 0 Å². The second-order valence-corrected chi connectivity index (χ2v) is 5.21. The van der Waals surface area contributed by atoms with Crippen LogP contribution < -0.4 is 4.90 Å². The molecule has 1 aliphatic rings. The summed E-state index contributed by atoms with van der Waals surface area (Å²) in [6.07, 6.45) is 3.22. The van der Waals surface area contributed by atoms with E-state index in [4.69, 9.17) is 0 Å². The van der Waals surface area contributed by atoms with E-state index in [0.29, 0.717) is 5.56 Å². The average Bonchev–Trinajstić information content (AvgIpc) is 2.56. The Morgan fingerprint density at radius 1 is 1.14 bits per heavy atom. The van der Waals surface area contributed by atoms with Gasteiger partial charge < -0.3 is 4.90 Å². The molecule has 2 aromatic rings. The minimum atomic E-state index is -0.316. The van der Waals surface area contributed by atoms with Gasteiger partial charge in [-0.3, -0.25) is 4.79 Å². The van der Waals surface area contributed by atoms with E-state index in [0.717, 1.165) is 31.7 Å². The Morgan fingerprint density at radius 2 is 1.86 bits per heavy atom. The van der Waals surface area contributed by atoms with Crippen LogP contribution in [-0.4, -0.2) is 29.1 Å². The summed E-state index contributed by atoms with van der Waals surface area (Å²) in [7, 11) is 0. The average molecular weight is 285 g/mol. The predicted molar refractivity (Wildman–Crippen MR) is 77.7 cm³/mol. The number of hydrogen-bond donors (Lipinski definition) is 0. The second-order valence-electron chi connectivity index (χ2n) is 5.21. The van der Waals surface area contributed by atoms with Gasteiger partial charge in [0.15, 0.2) is 11.6 Å². The third-order valence-corrected chi connectivity index (χ3v) is 3.88. The molecule has 0 unspecified atom stereocenters. The molecular formula is C16H16FN3O. The fourth-order valence-corrected chi connectivity index (χ4v) is 2.68. The summed E-state index contributed by atoms with van der Waals surface area (Å²) in [6.45, 7) is 1.58. The van der Waals surface area contributed by atoms with Crippen LogP contribution >= 0.6 is 0 Å². The molecular weight excluding hydrogens is 269 g/mol. The Labute approximate surface area is 122 Å². The molecule has 5 heteroatoms. The number of carbonyl (C=O) groups is 1. The van der Waals surface area contributed by atoms with E-state index >= 15 is 0 Å². The lowest BCUT2D eigenvalue weighted by atomic mass is 9.89. The lowest BCUT2D eigenvalue weighted by Gasteiger charge is -2.31. The normalized spacial score (nSPS) is 16.0. The van der Waals surface area contributed by atoms with Gasteiger partial charge in [-0.15, -0.1) is 5.10 Å². The predicted octanol–water partition coefficient (Wildman–Crippen LogP) is 2.72. The Balaban J connectivity index is 1.63. The second kappa shape index (κ2) is 5.99. The first kappa shape index (κ1) is 13.7. The van der Waals surface area contributed by atoms with Crippen LogP contribution in [0.1, 0.15) is 23.2 Å². The van der Waals surface area contributed by atoms with Crippen molar-refractivity contribution in [3.05, 3.63) is 54.0 Å². The van der Waals surface area contributed by atoms with E-state index in [9.17, 15) is 9.18 Å². The Kier molecular flexibility index (Phi) is 3.90. The number of Topliss-reactive ketones (excluding diaryl/α,β-unsaturated/α-hetero) is 1. The number of carbonyl (C=O) groups excluding carboxylic acids is 1. The van der Waals surface area contributed by atoms with Crippen LogP contribution in [-0.2, 0) is 0 Å². The summed E-state index contributed by atoms with van der Waals surface area (Å²) in [4.78, 5) is 14.5. The van der Waals surface area contributed by atoms with E-state index in [1.54, 1.807) is 18.3 Å². The molecule has 1 saturated heterocycles. The van der Waals surface area contributed by atoms with Gasteiger partial charge in [0, 0.05) is 30.8 Å². The molecule has 0 radical (unpaired) electrons. The van der Waals surface area contributed by atoms with Gasteiger partial charge in [-0.2, -0.15) is 5.10 Å². The fraction of sp³-hybridized carbons (Fsp3) is 0.312. The van der Waals surface area contributed by atoms with Crippen molar-refractivity contribution >= 4 is 11.6 Å². The number of hydrogen-bond acceptors (Lipinski definition) is 4. The van der Waals surface area contributed by atoms with Gasteiger partial charge in [0.05, 0.1) is 0 Å². The zero-order valence-corrected chi connectivity index (χ0v) is 11.6. The molecule has 1 aromatic carbocycles. The first-order valence-corrected chi connectivity index (χ1v) is 7.06. The molecule has 1 fully saturated rings. The number of nitrogens with zero attached hydrogens (tertiary/aromatic N) is 3. The minimum absolute atomic E-state index is 0.00313. The largest absolute Gasteiger partial charge is 0.355 e. The number of rotatable bonds is 3. The monoisotopic (exact) mass is 285 g/mol. The zero-order chi connectivity index (χ0) is 14.7. The van der Waals surface area contributed by atoms with Gasteiger partial charge in [-0.05, 0) is 49.2 Å². The molecule has 0 aliphatic carbocycles. The molecule has 0 saturated carbocycles. The van der Waals surface area contributed by atoms with E-state index in [-0.39, 0.29) is 17.5 Å². The SMILES string of the molecule is O=C(c1ccc(F)cc1)C1CCN(c2cccnn2)CC1. The Hall–Kier alpha value is -2.30. The number of benzene rings is 1. The lowest BCUT2D eigenvalue weighted by molar-refractivity contribution is 0.0900. The highest BCUT2D eigenvalue weighted by molar-refractivity contribution is 5.97. The highest BCUT2D eigenvalue weighted by atomic mass is 19.1. The van der Waals surface area contributed by atoms with Crippen LogP contribution in [0.5, 0.6) is 0 Å². The van der Waals surface area contributed by atoms with Crippen LogP contribution in [0, 0.1) is 11.7 Å². The molecule has 2 heterocycles. The van der Waals surface area contributed by atoms with Gasteiger partial charge in [0.25, 0.3) is 0 Å². The Morgan fingerprint density at radius 3 is 2.48 bits per heavy atom. The van der Waals surface area contributed by atoms with Crippen molar-refractivity contribution in [2.75, 3.05) is 18.0 Å². The first-order chi connectivity index (χ1) is 10.2. The molecule has 4 nitrogen and oxygen atoms in total. The van der Waals surface area contributed by atoms with E-state index in [2.05, 4.69) is 15.1 Å². The Bertz CT molecular complexity index is 607. The summed E-state index contributed by atoms with van der Waals surface area (Å²) >= 11 is 0. The number of piperidine rings is 1. The standard InChI is InChI=1S/C16H16FN3O/c17-14-5-3-12(4-6-14)16(21)13-7-10-20(11-8-13)15-2-1-9-18-19-15/h1-6,9,13H,7-8,10-11H2. The molecule has 1 aliphatic heterocycles. The molecule has 0 amide bonds. The molecule has 0 atom stereocenters. The maximum absolute atomic E-state index is 12.9. The molecule has 0 N–H and O–H groups in total. The first-order valence-electron chi connectivity index (χ1n) is 7.06. The van der Waals surface area contributed by atoms with Gasteiger partial charge in [-0.25, -0.2) is 4.39 Å². The van der Waals surface area contributed by atoms with Gasteiger partial charge in [0.1, 0.15) is 5.82 Å². The fourth-order valence-electron chi connectivity index (χ4n) is 2.68. The third kappa shape index (κ3) is 3.07. The van der Waals surface area contributed by atoms with Gasteiger partial charge in [-0.1, -0.05) is 0 Å². The topological polar surface area (TPSA) is 46.1 Å². The van der Waals surface area contributed by atoms with Crippen LogP contribution in [0.3, 0.4) is 0 Å². The summed E-state index contributed by atoms with van der Waals surface area (Å²) in [5.41, 5.74) is 0.592. The highest BCUT2D eigenvalue weighted by Crippen LogP contribution is 2.24. The van der Waals surface area contributed by atoms with Crippen molar-refractivity contribution in [2.45, 2.75) is 12.8 Å². The van der Waals surface area contributed by atoms with Crippen molar-refractivity contribution < 1.29 is 9.18 Å². The van der Waals surface area contributed by atoms with E-state index in [1.165, 1.54) is 12.1 Å². The number of halogens is 1. The van der Waals surface area contributed by atoms with Crippen LogP contribution in [0.25, 0.3) is 0 Å². The lowest BCUT2D eigenvalue weighted by Crippen LogP contribution is -2.36. The zero-order valence-electron chi connectivity index (χ0n) is 11.6. The highest BCUT2D eigenvalue weighted by Gasteiger charge is 2.26. The number of aromatic nitrogens is 2. The third-order valence-electron chi connectivity index (χ3n) is 3.88. The molecule has 0 bridgehead atoms. The minimum Gasteiger partial charge on any atom is -0.355 e. The van der Waals surface area contributed by atoms with Crippen LogP contribution in [0.2, 0.25) is 0 Å². The quantitative estimate of drug-likeness (QED) is 0.813. The maximum atomic E-state index is 12.9. The van der Waals surface area contributed by atoms with Crippen molar-refractivity contribution in [3.63, 3.8) is 0 Å². The van der Waals surface area contributed by atoms with E-state index in [1.807, 2.05) is 12.1 Å². The van der Waals surface area contributed by atoms with Crippen molar-refractivity contribution in [3.8, 4) is 0 Å².